The molecule has 2 rings (SSSR count). The zero-order valence-corrected chi connectivity index (χ0v) is 10.1. The summed E-state index contributed by atoms with van der Waals surface area (Å²) in [6.45, 7) is 0. The summed E-state index contributed by atoms with van der Waals surface area (Å²) in [5.74, 6) is -0.951. The molecule has 18 heavy (non-hydrogen) atoms. The van der Waals surface area contributed by atoms with Crippen LogP contribution in [0.25, 0.3) is 0 Å². The van der Waals surface area contributed by atoms with Crippen LogP contribution in [-0.4, -0.2) is 11.1 Å². The zero-order valence-electron chi connectivity index (χ0n) is 9.35. The van der Waals surface area contributed by atoms with E-state index in [9.17, 15) is 4.79 Å². The van der Waals surface area contributed by atoms with Gasteiger partial charge in [0.1, 0.15) is 0 Å². The first kappa shape index (κ1) is 12.3. The lowest BCUT2D eigenvalue weighted by atomic mass is 10.2. The third kappa shape index (κ3) is 2.73. The molecule has 0 aliphatic rings. The monoisotopic (exact) mass is 262 g/mol. The molecule has 0 saturated heterocycles. The fourth-order valence-corrected chi connectivity index (χ4v) is 1.68. The molecule has 0 fully saturated rings. The molecule has 0 aromatic heterocycles. The number of carboxylic acids is 1. The topological polar surface area (TPSA) is 75.3 Å². The van der Waals surface area contributed by atoms with Crippen molar-refractivity contribution in [1.29, 1.82) is 0 Å². The summed E-state index contributed by atoms with van der Waals surface area (Å²) in [6.07, 6.45) is 0. The number of nitrogen functional groups attached to an aromatic ring is 1. The van der Waals surface area contributed by atoms with Gasteiger partial charge < -0.3 is 16.2 Å². The maximum atomic E-state index is 10.7. The van der Waals surface area contributed by atoms with Crippen molar-refractivity contribution < 1.29 is 9.90 Å². The Hall–Kier alpha value is -2.20. The predicted molar refractivity (Wildman–Crippen MR) is 72.5 cm³/mol. The van der Waals surface area contributed by atoms with Crippen LogP contribution in [0.15, 0.2) is 42.5 Å². The highest BCUT2D eigenvalue weighted by atomic mass is 35.5. The van der Waals surface area contributed by atoms with Gasteiger partial charge >= 0.3 is 5.97 Å². The molecule has 0 aliphatic carbocycles. The first-order valence-corrected chi connectivity index (χ1v) is 5.59. The van der Waals surface area contributed by atoms with Crippen LogP contribution in [0.4, 0.5) is 17.1 Å². The van der Waals surface area contributed by atoms with Gasteiger partial charge in [0, 0.05) is 10.7 Å². The van der Waals surface area contributed by atoms with Crippen LogP contribution >= 0.6 is 11.6 Å². The second-order valence-electron chi connectivity index (χ2n) is 3.74. The van der Waals surface area contributed by atoms with E-state index in [2.05, 4.69) is 5.32 Å². The van der Waals surface area contributed by atoms with Gasteiger partial charge in [0.15, 0.2) is 0 Å². The molecule has 2 aromatic carbocycles. The van der Waals surface area contributed by atoms with Gasteiger partial charge in [0.05, 0.1) is 16.9 Å². The van der Waals surface area contributed by atoms with E-state index in [1.807, 2.05) is 0 Å². The van der Waals surface area contributed by atoms with Crippen molar-refractivity contribution in [2.45, 2.75) is 0 Å². The van der Waals surface area contributed by atoms with Crippen molar-refractivity contribution in [3.8, 4) is 0 Å². The highest BCUT2D eigenvalue weighted by Crippen LogP contribution is 2.26. The molecule has 0 amide bonds. The summed E-state index contributed by atoms with van der Waals surface area (Å²) in [6, 6.07) is 11.5. The molecule has 5 heteroatoms. The van der Waals surface area contributed by atoms with E-state index in [0.29, 0.717) is 10.7 Å². The molecule has 0 spiro atoms. The van der Waals surface area contributed by atoms with Gasteiger partial charge in [-0.2, -0.15) is 0 Å². The van der Waals surface area contributed by atoms with Crippen molar-refractivity contribution in [1.82, 2.24) is 0 Å². The standard InChI is InChI=1S/C13H11ClN2O2/c14-9-3-6-12(11(15)7-9)16-10-4-1-8(2-5-10)13(17)18/h1-7,16H,15H2,(H,17,18). The summed E-state index contributed by atoms with van der Waals surface area (Å²) in [4.78, 5) is 10.7. The van der Waals surface area contributed by atoms with Crippen molar-refractivity contribution >= 4 is 34.6 Å². The van der Waals surface area contributed by atoms with Crippen LogP contribution in [0.3, 0.4) is 0 Å². The van der Waals surface area contributed by atoms with Gasteiger partial charge in [0.2, 0.25) is 0 Å². The maximum absolute atomic E-state index is 10.7. The Bertz CT molecular complexity index is 582. The third-order valence-electron chi connectivity index (χ3n) is 2.42. The van der Waals surface area contributed by atoms with Gasteiger partial charge in [-0.1, -0.05) is 11.6 Å². The van der Waals surface area contributed by atoms with Gasteiger partial charge in [-0.3, -0.25) is 0 Å². The normalized spacial score (nSPS) is 10.1. The number of nitrogens with one attached hydrogen (secondary N) is 1. The lowest BCUT2D eigenvalue weighted by Crippen LogP contribution is -1.98. The van der Waals surface area contributed by atoms with E-state index in [0.717, 1.165) is 11.4 Å². The largest absolute Gasteiger partial charge is 0.478 e. The highest BCUT2D eigenvalue weighted by Gasteiger charge is 2.03. The zero-order chi connectivity index (χ0) is 13.1. The van der Waals surface area contributed by atoms with Crippen LogP contribution in [0, 0.1) is 0 Å². The molecule has 4 nitrogen and oxygen atoms in total. The maximum Gasteiger partial charge on any atom is 0.335 e. The van der Waals surface area contributed by atoms with Gasteiger partial charge in [-0.15, -0.1) is 0 Å². The van der Waals surface area contributed by atoms with Crippen molar-refractivity contribution in [3.05, 3.63) is 53.1 Å². The first-order chi connectivity index (χ1) is 8.56. The van der Waals surface area contributed by atoms with Crippen molar-refractivity contribution in [2.24, 2.45) is 0 Å². The number of rotatable bonds is 3. The molecular weight excluding hydrogens is 252 g/mol. The molecule has 92 valence electrons. The number of nitrogens with two attached hydrogens (primary N) is 1. The van der Waals surface area contributed by atoms with Gasteiger partial charge in [0.25, 0.3) is 0 Å². The Morgan fingerprint density at radius 2 is 1.83 bits per heavy atom. The minimum absolute atomic E-state index is 0.240. The lowest BCUT2D eigenvalue weighted by molar-refractivity contribution is 0.0697. The summed E-state index contributed by atoms with van der Waals surface area (Å²) >= 11 is 5.80. The first-order valence-electron chi connectivity index (χ1n) is 5.21. The molecule has 0 bridgehead atoms. The van der Waals surface area contributed by atoms with Crippen molar-refractivity contribution in [3.63, 3.8) is 0 Å². The summed E-state index contributed by atoms with van der Waals surface area (Å²) < 4.78 is 0. The molecule has 2 aromatic rings. The van der Waals surface area contributed by atoms with E-state index in [-0.39, 0.29) is 5.56 Å². The fraction of sp³-hybridized carbons (Fsp3) is 0. The SMILES string of the molecule is Nc1cc(Cl)ccc1Nc1ccc(C(=O)O)cc1. The Balaban J connectivity index is 2.21. The van der Waals surface area contributed by atoms with Gasteiger partial charge in [-0.25, -0.2) is 4.79 Å². The van der Waals surface area contributed by atoms with Gasteiger partial charge in [-0.05, 0) is 42.5 Å². The molecule has 0 heterocycles. The number of hydrogen-bond acceptors (Lipinski definition) is 3. The second kappa shape index (κ2) is 4.98. The van der Waals surface area contributed by atoms with E-state index in [1.165, 1.54) is 12.1 Å². The number of aromatic carboxylic acids is 1. The summed E-state index contributed by atoms with van der Waals surface area (Å²) in [5, 5.41) is 12.4. The molecule has 0 unspecified atom stereocenters. The fourth-order valence-electron chi connectivity index (χ4n) is 1.50. The lowest BCUT2D eigenvalue weighted by Gasteiger charge is -2.09. The number of halogens is 1. The molecule has 0 aliphatic heterocycles. The number of carbonyl (C=O) groups is 1. The smallest absolute Gasteiger partial charge is 0.335 e. The predicted octanol–water partition coefficient (Wildman–Crippen LogP) is 3.36. The summed E-state index contributed by atoms with van der Waals surface area (Å²) in [7, 11) is 0. The Kier molecular flexibility index (Phi) is 3.39. The van der Waals surface area contributed by atoms with Crippen LogP contribution in [0.5, 0.6) is 0 Å². The minimum Gasteiger partial charge on any atom is -0.478 e. The van der Waals surface area contributed by atoms with Crippen LogP contribution in [-0.2, 0) is 0 Å². The van der Waals surface area contributed by atoms with E-state index < -0.39 is 5.97 Å². The number of carboxylic acid groups (broad SMARTS) is 1. The number of hydrogen-bond donors (Lipinski definition) is 3. The molecule has 0 atom stereocenters. The Morgan fingerprint density at radius 3 is 2.39 bits per heavy atom. The van der Waals surface area contributed by atoms with E-state index in [4.69, 9.17) is 22.4 Å². The molecule has 4 N–H and O–H groups in total. The molecule has 0 radical (unpaired) electrons. The summed E-state index contributed by atoms with van der Waals surface area (Å²) in [5.41, 5.74) is 8.06. The number of benzene rings is 2. The van der Waals surface area contributed by atoms with E-state index >= 15 is 0 Å². The molecule has 0 saturated carbocycles. The molecular formula is C13H11ClN2O2. The third-order valence-corrected chi connectivity index (χ3v) is 2.66. The minimum atomic E-state index is -0.951. The average molecular weight is 263 g/mol. The second-order valence-corrected chi connectivity index (χ2v) is 4.18. The van der Waals surface area contributed by atoms with Crippen LogP contribution in [0.2, 0.25) is 5.02 Å². The Labute approximate surface area is 109 Å². The van der Waals surface area contributed by atoms with Crippen molar-refractivity contribution in [2.75, 3.05) is 11.1 Å². The average Bonchev–Trinajstić information content (AvgIpc) is 2.33. The quantitative estimate of drug-likeness (QED) is 0.742. The Morgan fingerprint density at radius 1 is 1.17 bits per heavy atom. The van der Waals surface area contributed by atoms with Crippen LogP contribution in [0.1, 0.15) is 10.4 Å². The van der Waals surface area contributed by atoms with E-state index in [1.54, 1.807) is 30.3 Å². The van der Waals surface area contributed by atoms with Crippen LogP contribution < -0.4 is 11.1 Å². The highest BCUT2D eigenvalue weighted by molar-refractivity contribution is 6.31. The number of anilines is 3.